The second-order valence-corrected chi connectivity index (χ2v) is 4.38. The number of nitrogens with one attached hydrogen (secondary N) is 1. The molecule has 0 aliphatic carbocycles. The van der Waals surface area contributed by atoms with Crippen LogP contribution in [-0.2, 0) is 9.53 Å². The second-order valence-electron chi connectivity index (χ2n) is 3.82. The molecule has 13 heavy (non-hydrogen) atoms. The lowest BCUT2D eigenvalue weighted by atomic mass is 9.90. The molecule has 0 unspecified atom stereocenters. The van der Waals surface area contributed by atoms with Gasteiger partial charge in [0.1, 0.15) is 0 Å². The summed E-state index contributed by atoms with van der Waals surface area (Å²) >= 11 is 3.10. The van der Waals surface area contributed by atoms with Crippen molar-refractivity contribution in [3.05, 3.63) is 0 Å². The molecule has 0 aliphatic heterocycles. The lowest BCUT2D eigenvalue weighted by molar-refractivity contribution is -0.118. The topological polar surface area (TPSA) is 38.3 Å². The minimum Gasteiger partial charge on any atom is -0.385 e. The van der Waals surface area contributed by atoms with Gasteiger partial charge in [0.2, 0.25) is 5.91 Å². The summed E-state index contributed by atoms with van der Waals surface area (Å²) in [6.45, 7) is 5.65. The van der Waals surface area contributed by atoms with Crippen LogP contribution in [0.3, 0.4) is 0 Å². The molecule has 0 radical (unpaired) electrons. The Kier molecular flexibility index (Phi) is 6.33. The molecule has 1 amide bonds. The van der Waals surface area contributed by atoms with Gasteiger partial charge in [0, 0.05) is 20.3 Å². The van der Waals surface area contributed by atoms with Crippen LogP contribution < -0.4 is 5.32 Å². The summed E-state index contributed by atoms with van der Waals surface area (Å²) in [5, 5.41) is 3.21. The van der Waals surface area contributed by atoms with Gasteiger partial charge < -0.3 is 10.1 Å². The van der Waals surface area contributed by atoms with E-state index in [1.165, 1.54) is 0 Å². The van der Waals surface area contributed by atoms with E-state index in [4.69, 9.17) is 4.74 Å². The van der Waals surface area contributed by atoms with E-state index in [9.17, 15) is 4.79 Å². The zero-order valence-corrected chi connectivity index (χ0v) is 10.1. The molecule has 0 saturated carbocycles. The van der Waals surface area contributed by atoms with Crippen molar-refractivity contribution in [2.75, 3.05) is 25.6 Å². The molecule has 0 aromatic heterocycles. The van der Waals surface area contributed by atoms with Gasteiger partial charge in [-0.3, -0.25) is 4.79 Å². The van der Waals surface area contributed by atoms with Crippen LogP contribution in [-0.4, -0.2) is 31.5 Å². The lowest BCUT2D eigenvalue weighted by Gasteiger charge is -2.24. The van der Waals surface area contributed by atoms with E-state index in [2.05, 4.69) is 35.1 Å². The van der Waals surface area contributed by atoms with Crippen LogP contribution in [0.2, 0.25) is 0 Å². The van der Waals surface area contributed by atoms with Crippen LogP contribution in [0.25, 0.3) is 0 Å². The van der Waals surface area contributed by atoms with Crippen molar-refractivity contribution in [2.45, 2.75) is 20.3 Å². The van der Waals surface area contributed by atoms with E-state index in [0.29, 0.717) is 11.9 Å². The van der Waals surface area contributed by atoms with Crippen molar-refractivity contribution >= 4 is 21.8 Å². The first-order valence-electron chi connectivity index (χ1n) is 4.33. The van der Waals surface area contributed by atoms with Crippen molar-refractivity contribution in [2.24, 2.45) is 5.41 Å². The number of carbonyl (C=O) groups excluding carboxylic acids is 1. The first-order chi connectivity index (χ1) is 6.02. The molecule has 3 nitrogen and oxygen atoms in total. The van der Waals surface area contributed by atoms with E-state index in [1.54, 1.807) is 7.11 Å². The Labute approximate surface area is 88.4 Å². The fourth-order valence-corrected chi connectivity index (χ4v) is 1.05. The molecule has 0 heterocycles. The quantitative estimate of drug-likeness (QED) is 0.728. The molecule has 1 N–H and O–H groups in total. The van der Waals surface area contributed by atoms with Gasteiger partial charge in [-0.2, -0.15) is 0 Å². The van der Waals surface area contributed by atoms with E-state index >= 15 is 0 Å². The summed E-state index contributed by atoms with van der Waals surface area (Å²) in [6.07, 6.45) is 0.950. The van der Waals surface area contributed by atoms with Gasteiger partial charge in [0.05, 0.1) is 5.33 Å². The Hall–Kier alpha value is -0.0900. The third kappa shape index (κ3) is 7.02. The van der Waals surface area contributed by atoms with Crippen LogP contribution in [0.4, 0.5) is 0 Å². The smallest absolute Gasteiger partial charge is 0.230 e. The highest BCUT2D eigenvalue weighted by Gasteiger charge is 2.17. The third-order valence-corrected chi connectivity index (χ3v) is 2.38. The average Bonchev–Trinajstić information content (AvgIpc) is 2.11. The van der Waals surface area contributed by atoms with E-state index in [-0.39, 0.29) is 11.3 Å². The van der Waals surface area contributed by atoms with Crippen LogP contribution in [0, 0.1) is 5.41 Å². The molecule has 0 spiro atoms. The molecule has 0 aromatic carbocycles. The van der Waals surface area contributed by atoms with E-state index in [1.807, 2.05) is 0 Å². The van der Waals surface area contributed by atoms with Crippen molar-refractivity contribution in [1.82, 2.24) is 5.32 Å². The van der Waals surface area contributed by atoms with E-state index in [0.717, 1.165) is 13.0 Å². The maximum absolute atomic E-state index is 10.9. The fraction of sp³-hybridized carbons (Fsp3) is 0.889. The monoisotopic (exact) mass is 251 g/mol. The molecular formula is C9H18BrNO2. The highest BCUT2D eigenvalue weighted by Crippen LogP contribution is 2.18. The van der Waals surface area contributed by atoms with Gasteiger partial charge in [-0.25, -0.2) is 0 Å². The highest BCUT2D eigenvalue weighted by atomic mass is 79.9. The molecule has 0 saturated heterocycles. The number of methoxy groups -OCH3 is 1. The predicted molar refractivity (Wildman–Crippen MR) is 57.1 cm³/mol. The highest BCUT2D eigenvalue weighted by molar-refractivity contribution is 9.09. The number of hydrogen-bond acceptors (Lipinski definition) is 2. The summed E-state index contributed by atoms with van der Waals surface area (Å²) in [6, 6.07) is 0. The second kappa shape index (κ2) is 6.38. The van der Waals surface area contributed by atoms with Crippen molar-refractivity contribution in [1.29, 1.82) is 0 Å². The number of carbonyl (C=O) groups is 1. The average molecular weight is 252 g/mol. The molecule has 4 heteroatoms. The molecule has 0 fully saturated rings. The first kappa shape index (κ1) is 12.9. The third-order valence-electron chi connectivity index (χ3n) is 1.87. The van der Waals surface area contributed by atoms with Crippen molar-refractivity contribution < 1.29 is 9.53 Å². The van der Waals surface area contributed by atoms with Crippen LogP contribution >= 0.6 is 15.9 Å². The molecule has 0 bridgehead atoms. The zero-order chi connectivity index (χ0) is 10.3. The Bertz CT molecular complexity index is 160. The Morgan fingerprint density at radius 2 is 2.15 bits per heavy atom. The normalized spacial score (nSPS) is 11.4. The molecule has 0 aromatic rings. The van der Waals surface area contributed by atoms with E-state index < -0.39 is 0 Å². The standard InChI is InChI=1S/C9H18BrNO2/c1-9(2,4-5-13-3)7-11-8(12)6-10/h4-7H2,1-3H3,(H,11,12). The van der Waals surface area contributed by atoms with Gasteiger partial charge in [-0.1, -0.05) is 29.8 Å². The summed E-state index contributed by atoms with van der Waals surface area (Å²) < 4.78 is 4.99. The van der Waals surface area contributed by atoms with Crippen LogP contribution in [0.15, 0.2) is 0 Å². The van der Waals surface area contributed by atoms with Crippen LogP contribution in [0.5, 0.6) is 0 Å². The van der Waals surface area contributed by atoms with Gasteiger partial charge in [-0.05, 0) is 11.8 Å². The first-order valence-corrected chi connectivity index (χ1v) is 5.45. The largest absolute Gasteiger partial charge is 0.385 e. The summed E-state index contributed by atoms with van der Waals surface area (Å²) in [7, 11) is 1.69. The summed E-state index contributed by atoms with van der Waals surface area (Å²) in [5.74, 6) is 0.0329. The fourth-order valence-electron chi connectivity index (χ4n) is 0.852. The maximum Gasteiger partial charge on any atom is 0.230 e. The van der Waals surface area contributed by atoms with Crippen LogP contribution in [0.1, 0.15) is 20.3 Å². The number of rotatable bonds is 6. The number of halogens is 1. The number of ether oxygens (including phenoxy) is 1. The van der Waals surface area contributed by atoms with Gasteiger partial charge in [-0.15, -0.1) is 0 Å². The summed E-state index contributed by atoms with van der Waals surface area (Å²) in [5.41, 5.74) is 0.105. The molecule has 78 valence electrons. The minimum absolute atomic E-state index is 0.0329. The molecule has 0 atom stereocenters. The minimum atomic E-state index is 0.0329. The van der Waals surface area contributed by atoms with Gasteiger partial charge in [0.25, 0.3) is 0 Å². The molecule has 0 rings (SSSR count). The SMILES string of the molecule is COCCC(C)(C)CNC(=O)CBr. The maximum atomic E-state index is 10.9. The Morgan fingerprint density at radius 1 is 1.54 bits per heavy atom. The predicted octanol–water partition coefficient (Wildman–Crippen LogP) is 1.56. The number of hydrogen-bond donors (Lipinski definition) is 1. The van der Waals surface area contributed by atoms with Crippen molar-refractivity contribution in [3.8, 4) is 0 Å². The molecular weight excluding hydrogens is 234 g/mol. The van der Waals surface area contributed by atoms with Gasteiger partial charge in [0.15, 0.2) is 0 Å². The van der Waals surface area contributed by atoms with Gasteiger partial charge >= 0.3 is 0 Å². The summed E-state index contributed by atoms with van der Waals surface area (Å²) in [4.78, 5) is 10.9. The number of amides is 1. The Morgan fingerprint density at radius 3 is 2.62 bits per heavy atom. The zero-order valence-electron chi connectivity index (χ0n) is 8.52. The molecule has 0 aliphatic rings. The Balaban J connectivity index is 3.67. The van der Waals surface area contributed by atoms with Crippen molar-refractivity contribution in [3.63, 3.8) is 0 Å². The number of alkyl halides is 1. The lowest BCUT2D eigenvalue weighted by Crippen LogP contribution is -2.35.